The van der Waals surface area contributed by atoms with Crippen LogP contribution in [0, 0.1) is 0 Å². The fourth-order valence-electron chi connectivity index (χ4n) is 1.64. The maximum atomic E-state index is 11.6. The maximum Gasteiger partial charge on any atom is 0.254 e. The number of aromatic amines is 1. The van der Waals surface area contributed by atoms with Gasteiger partial charge >= 0.3 is 0 Å². The second kappa shape index (κ2) is 5.85. The molecule has 0 saturated carbocycles. The minimum atomic E-state index is -3.66. The van der Waals surface area contributed by atoms with Gasteiger partial charge in [0.25, 0.3) is 5.91 Å². The normalized spacial score (nSPS) is 11.2. The number of rotatable bonds is 5. The van der Waals surface area contributed by atoms with E-state index in [2.05, 4.69) is 15.5 Å². The average Bonchev–Trinajstić information content (AvgIpc) is 2.92. The highest BCUT2D eigenvalue weighted by Crippen LogP contribution is 2.08. The fourth-order valence-corrected chi connectivity index (χ4v) is 2.16. The molecule has 106 valence electrons. The number of amides is 1. The molecule has 0 atom stereocenters. The Morgan fingerprint density at radius 3 is 2.55 bits per heavy atom. The highest BCUT2D eigenvalue weighted by atomic mass is 32.2. The molecule has 0 bridgehead atoms. The van der Waals surface area contributed by atoms with Gasteiger partial charge in [0.15, 0.2) is 0 Å². The Bertz CT molecular complexity index is 678. The number of nitrogens with one attached hydrogen (secondary N) is 2. The van der Waals surface area contributed by atoms with Gasteiger partial charge in [-0.15, -0.1) is 0 Å². The van der Waals surface area contributed by atoms with Crippen molar-refractivity contribution in [3.63, 3.8) is 0 Å². The van der Waals surface area contributed by atoms with Crippen LogP contribution < -0.4 is 10.5 Å². The molecule has 0 fully saturated rings. The molecule has 1 amide bonds. The van der Waals surface area contributed by atoms with Crippen molar-refractivity contribution in [2.75, 3.05) is 6.54 Å². The summed E-state index contributed by atoms with van der Waals surface area (Å²) >= 11 is 0. The van der Waals surface area contributed by atoms with Crippen LogP contribution in [0.15, 0.2) is 41.6 Å². The second-order valence-electron chi connectivity index (χ2n) is 4.18. The number of benzene rings is 1. The first kappa shape index (κ1) is 14.2. The minimum absolute atomic E-state index is 0.0729. The van der Waals surface area contributed by atoms with Crippen molar-refractivity contribution >= 4 is 15.9 Å². The number of primary sulfonamides is 1. The molecule has 0 unspecified atom stereocenters. The van der Waals surface area contributed by atoms with E-state index in [1.165, 1.54) is 24.5 Å². The Kier molecular flexibility index (Phi) is 4.16. The molecule has 20 heavy (non-hydrogen) atoms. The van der Waals surface area contributed by atoms with Crippen molar-refractivity contribution in [2.45, 2.75) is 11.3 Å². The van der Waals surface area contributed by atoms with Gasteiger partial charge in [0.2, 0.25) is 10.0 Å². The van der Waals surface area contributed by atoms with Crippen LogP contribution in [0.5, 0.6) is 0 Å². The van der Waals surface area contributed by atoms with Crippen molar-refractivity contribution in [3.05, 3.63) is 47.8 Å². The van der Waals surface area contributed by atoms with E-state index in [1.807, 2.05) is 0 Å². The van der Waals surface area contributed by atoms with Gasteiger partial charge in [0.1, 0.15) is 0 Å². The first-order valence-electron chi connectivity index (χ1n) is 5.85. The third kappa shape index (κ3) is 3.65. The number of hydrogen-bond donors (Lipinski definition) is 3. The molecular weight excluding hydrogens is 280 g/mol. The highest BCUT2D eigenvalue weighted by molar-refractivity contribution is 7.89. The quantitative estimate of drug-likeness (QED) is 0.721. The van der Waals surface area contributed by atoms with Gasteiger partial charge in [-0.2, -0.15) is 5.10 Å². The highest BCUT2D eigenvalue weighted by Gasteiger charge is 2.07. The zero-order valence-electron chi connectivity index (χ0n) is 10.5. The lowest BCUT2D eigenvalue weighted by Crippen LogP contribution is -2.25. The van der Waals surface area contributed by atoms with Crippen molar-refractivity contribution in [1.82, 2.24) is 15.5 Å². The molecule has 4 N–H and O–H groups in total. The molecule has 7 nitrogen and oxygen atoms in total. The molecule has 8 heteroatoms. The molecule has 0 aliphatic heterocycles. The van der Waals surface area contributed by atoms with E-state index in [9.17, 15) is 13.2 Å². The van der Waals surface area contributed by atoms with Crippen LogP contribution in [0.3, 0.4) is 0 Å². The molecule has 1 aromatic heterocycles. The summed E-state index contributed by atoms with van der Waals surface area (Å²) in [7, 11) is -3.66. The van der Waals surface area contributed by atoms with Crippen LogP contribution in [-0.4, -0.2) is 31.1 Å². The van der Waals surface area contributed by atoms with Crippen molar-refractivity contribution in [3.8, 4) is 0 Å². The van der Waals surface area contributed by atoms with Crippen molar-refractivity contribution in [1.29, 1.82) is 0 Å². The van der Waals surface area contributed by atoms with E-state index in [0.717, 1.165) is 5.56 Å². The smallest absolute Gasteiger partial charge is 0.254 e. The number of carbonyl (C=O) groups excluding carboxylic acids is 1. The molecule has 0 aliphatic carbocycles. The van der Waals surface area contributed by atoms with E-state index >= 15 is 0 Å². The first-order chi connectivity index (χ1) is 9.47. The summed E-state index contributed by atoms with van der Waals surface area (Å²) < 4.78 is 22.2. The average molecular weight is 294 g/mol. The lowest BCUT2D eigenvalue weighted by molar-refractivity contribution is 0.0954. The zero-order chi connectivity index (χ0) is 14.6. The predicted molar refractivity (Wildman–Crippen MR) is 72.4 cm³/mol. The maximum absolute atomic E-state index is 11.6. The summed E-state index contributed by atoms with van der Waals surface area (Å²) in [6, 6.07) is 6.23. The standard InChI is InChI=1S/C12H14N4O3S/c13-20(18,19)11-3-1-9(2-4-11)5-6-14-12(17)10-7-15-16-8-10/h1-4,7-8H,5-6H2,(H,14,17)(H,15,16)(H2,13,18,19). The molecule has 2 rings (SSSR count). The molecule has 2 aromatic rings. The van der Waals surface area contributed by atoms with Crippen LogP contribution in [0.4, 0.5) is 0 Å². The Morgan fingerprint density at radius 2 is 2.00 bits per heavy atom. The zero-order valence-corrected chi connectivity index (χ0v) is 11.4. The topological polar surface area (TPSA) is 118 Å². The summed E-state index contributed by atoms with van der Waals surface area (Å²) in [5.41, 5.74) is 1.37. The van der Waals surface area contributed by atoms with Crippen LogP contribution >= 0.6 is 0 Å². The van der Waals surface area contributed by atoms with Gasteiger partial charge in [0, 0.05) is 12.7 Å². The molecule has 0 radical (unpaired) electrons. The van der Waals surface area contributed by atoms with E-state index in [4.69, 9.17) is 5.14 Å². The number of carbonyl (C=O) groups is 1. The molecule has 0 aliphatic rings. The number of aromatic nitrogens is 2. The van der Waals surface area contributed by atoms with Crippen molar-refractivity contribution < 1.29 is 13.2 Å². The van der Waals surface area contributed by atoms with Crippen LogP contribution in [0.1, 0.15) is 15.9 Å². The van der Waals surface area contributed by atoms with E-state index in [-0.39, 0.29) is 10.8 Å². The van der Waals surface area contributed by atoms with Gasteiger partial charge in [-0.3, -0.25) is 9.89 Å². The minimum Gasteiger partial charge on any atom is -0.352 e. The monoisotopic (exact) mass is 294 g/mol. The molecule has 0 saturated heterocycles. The van der Waals surface area contributed by atoms with Gasteiger partial charge < -0.3 is 5.32 Å². The molecule has 1 heterocycles. The van der Waals surface area contributed by atoms with E-state index in [0.29, 0.717) is 18.5 Å². The number of sulfonamides is 1. The van der Waals surface area contributed by atoms with E-state index < -0.39 is 10.0 Å². The summed E-state index contributed by atoms with van der Waals surface area (Å²) in [6.45, 7) is 0.443. The summed E-state index contributed by atoms with van der Waals surface area (Å²) in [5, 5.41) is 14.0. The molecule has 1 aromatic carbocycles. The lowest BCUT2D eigenvalue weighted by Gasteiger charge is -2.04. The SMILES string of the molecule is NS(=O)(=O)c1ccc(CCNC(=O)c2cn[nH]c2)cc1. The largest absolute Gasteiger partial charge is 0.352 e. The fraction of sp³-hybridized carbons (Fsp3) is 0.167. The third-order valence-corrected chi connectivity index (χ3v) is 3.64. The Morgan fingerprint density at radius 1 is 1.30 bits per heavy atom. The van der Waals surface area contributed by atoms with Crippen LogP contribution in [0.25, 0.3) is 0 Å². The van der Waals surface area contributed by atoms with Crippen LogP contribution in [0.2, 0.25) is 0 Å². The summed E-state index contributed by atoms with van der Waals surface area (Å²) in [4.78, 5) is 11.7. The Labute approximate surface area is 116 Å². The second-order valence-corrected chi connectivity index (χ2v) is 5.74. The van der Waals surface area contributed by atoms with Crippen molar-refractivity contribution in [2.24, 2.45) is 5.14 Å². The Balaban J connectivity index is 1.87. The number of hydrogen-bond acceptors (Lipinski definition) is 4. The van der Waals surface area contributed by atoms with Gasteiger partial charge in [-0.05, 0) is 24.1 Å². The molecular formula is C12H14N4O3S. The summed E-state index contributed by atoms with van der Waals surface area (Å²) in [6.07, 6.45) is 3.54. The molecule has 0 spiro atoms. The Hall–Kier alpha value is -2.19. The van der Waals surface area contributed by atoms with Gasteiger partial charge in [-0.1, -0.05) is 12.1 Å². The predicted octanol–water partition coefficient (Wildman–Crippen LogP) is 0.0296. The van der Waals surface area contributed by atoms with Crippen LogP contribution in [-0.2, 0) is 16.4 Å². The number of nitrogens with two attached hydrogens (primary N) is 1. The number of nitrogens with zero attached hydrogens (tertiary/aromatic N) is 1. The van der Waals surface area contributed by atoms with Gasteiger partial charge in [0.05, 0.1) is 16.7 Å². The first-order valence-corrected chi connectivity index (χ1v) is 7.40. The summed E-state index contributed by atoms with van der Waals surface area (Å²) in [5.74, 6) is -0.208. The number of H-pyrrole nitrogens is 1. The lowest BCUT2D eigenvalue weighted by atomic mass is 10.1. The van der Waals surface area contributed by atoms with E-state index in [1.54, 1.807) is 12.1 Å². The van der Waals surface area contributed by atoms with Gasteiger partial charge in [-0.25, -0.2) is 13.6 Å². The third-order valence-electron chi connectivity index (χ3n) is 2.71.